The van der Waals surface area contributed by atoms with E-state index in [0.29, 0.717) is 0 Å². The van der Waals surface area contributed by atoms with Crippen molar-refractivity contribution < 1.29 is 18.7 Å². The summed E-state index contributed by atoms with van der Waals surface area (Å²) >= 11 is 11.8. The highest BCUT2D eigenvalue weighted by Crippen LogP contribution is 2.30. The number of halogens is 4. The first-order chi connectivity index (χ1) is 11.7. The number of nitrogen functional groups attached to an aromatic ring is 1. The van der Waals surface area contributed by atoms with E-state index in [4.69, 9.17) is 28.9 Å². The van der Waals surface area contributed by atoms with Gasteiger partial charge in [0.15, 0.2) is 0 Å². The van der Waals surface area contributed by atoms with Gasteiger partial charge in [0, 0.05) is 11.6 Å². The summed E-state index contributed by atoms with van der Waals surface area (Å²) in [4.78, 5) is 23.7. The van der Waals surface area contributed by atoms with E-state index in [1.165, 1.54) is 10.6 Å². The van der Waals surface area contributed by atoms with E-state index in [9.17, 15) is 23.5 Å². The van der Waals surface area contributed by atoms with Crippen LogP contribution in [-0.4, -0.2) is 15.6 Å². The van der Waals surface area contributed by atoms with Crippen LogP contribution in [-0.2, 0) is 0 Å². The Kier molecular flexibility index (Phi) is 4.14. The van der Waals surface area contributed by atoms with Gasteiger partial charge in [-0.1, -0.05) is 23.2 Å². The summed E-state index contributed by atoms with van der Waals surface area (Å²) in [6.45, 7) is 0. The van der Waals surface area contributed by atoms with E-state index in [2.05, 4.69) is 0 Å². The minimum absolute atomic E-state index is 0.0894. The highest BCUT2D eigenvalue weighted by Gasteiger charge is 2.19. The van der Waals surface area contributed by atoms with Crippen LogP contribution in [0.3, 0.4) is 0 Å². The molecule has 0 fully saturated rings. The number of nitrogens with zero attached hydrogens (tertiary/aromatic N) is 1. The SMILES string of the molecule is Nc1cc(-n2cc(C(=O)O)c(=O)c3cc(F)c(Cl)cc32)c(Cl)cc1F. The lowest BCUT2D eigenvalue weighted by atomic mass is 10.1. The highest BCUT2D eigenvalue weighted by atomic mass is 35.5. The Hall–Kier alpha value is -2.64. The molecular weight excluding hydrogens is 377 g/mol. The lowest BCUT2D eigenvalue weighted by Crippen LogP contribution is -2.19. The van der Waals surface area contributed by atoms with Crippen LogP contribution in [0.5, 0.6) is 0 Å². The molecule has 0 saturated heterocycles. The molecule has 0 aliphatic rings. The molecule has 0 aliphatic heterocycles. The second-order valence-corrected chi connectivity index (χ2v) is 5.97. The molecule has 0 atom stereocenters. The number of benzene rings is 2. The molecule has 9 heteroatoms. The van der Waals surface area contributed by atoms with E-state index >= 15 is 0 Å². The molecule has 0 saturated carbocycles. The van der Waals surface area contributed by atoms with Crippen molar-refractivity contribution in [2.75, 3.05) is 5.73 Å². The van der Waals surface area contributed by atoms with Gasteiger partial charge in [-0.15, -0.1) is 0 Å². The van der Waals surface area contributed by atoms with Crippen LogP contribution < -0.4 is 11.2 Å². The zero-order chi connectivity index (χ0) is 18.5. The van der Waals surface area contributed by atoms with Gasteiger partial charge in [0.05, 0.1) is 26.9 Å². The second kappa shape index (κ2) is 6.02. The third-order valence-corrected chi connectivity index (χ3v) is 4.19. The molecule has 3 rings (SSSR count). The van der Waals surface area contributed by atoms with Crippen LogP contribution >= 0.6 is 23.2 Å². The molecule has 1 heterocycles. The van der Waals surface area contributed by atoms with Gasteiger partial charge in [-0.3, -0.25) is 4.79 Å². The van der Waals surface area contributed by atoms with E-state index in [0.717, 1.165) is 24.4 Å². The third kappa shape index (κ3) is 2.81. The summed E-state index contributed by atoms with van der Waals surface area (Å²) < 4.78 is 28.5. The average molecular weight is 385 g/mol. The Morgan fingerprint density at radius 3 is 2.40 bits per heavy atom. The van der Waals surface area contributed by atoms with Crippen molar-refractivity contribution in [3.05, 3.63) is 67.9 Å². The number of carboxylic acids is 1. The fourth-order valence-electron chi connectivity index (χ4n) is 2.41. The number of carboxylic acid groups (broad SMARTS) is 1. The normalized spacial score (nSPS) is 11.0. The summed E-state index contributed by atoms with van der Waals surface area (Å²) in [7, 11) is 0. The predicted octanol–water partition coefficient (Wildman–Crippen LogP) is 3.86. The van der Waals surface area contributed by atoms with Gasteiger partial charge in [0.25, 0.3) is 0 Å². The maximum absolute atomic E-state index is 13.8. The second-order valence-electron chi connectivity index (χ2n) is 5.16. The maximum Gasteiger partial charge on any atom is 0.341 e. The number of carbonyl (C=O) groups is 1. The highest BCUT2D eigenvalue weighted by molar-refractivity contribution is 6.33. The summed E-state index contributed by atoms with van der Waals surface area (Å²) in [5.41, 5.74) is 4.00. The maximum atomic E-state index is 13.8. The minimum atomic E-state index is -1.51. The van der Waals surface area contributed by atoms with Crippen molar-refractivity contribution in [3.8, 4) is 5.69 Å². The van der Waals surface area contributed by atoms with Gasteiger partial charge < -0.3 is 15.4 Å². The van der Waals surface area contributed by atoms with Crippen LogP contribution in [0, 0.1) is 11.6 Å². The summed E-state index contributed by atoms with van der Waals surface area (Å²) in [6.07, 6.45) is 1.000. The number of anilines is 1. The van der Waals surface area contributed by atoms with Gasteiger partial charge in [0.1, 0.15) is 17.2 Å². The van der Waals surface area contributed by atoms with Crippen molar-refractivity contribution in [1.82, 2.24) is 4.57 Å². The quantitative estimate of drug-likeness (QED) is 0.657. The number of hydrogen-bond donors (Lipinski definition) is 2. The number of rotatable bonds is 2. The average Bonchev–Trinajstić information content (AvgIpc) is 2.53. The van der Waals surface area contributed by atoms with Crippen LogP contribution in [0.25, 0.3) is 16.6 Å². The molecule has 0 aliphatic carbocycles. The van der Waals surface area contributed by atoms with Crippen molar-refractivity contribution in [1.29, 1.82) is 0 Å². The number of aromatic carboxylic acids is 1. The summed E-state index contributed by atoms with van der Waals surface area (Å²) in [5, 5.41) is 8.64. The van der Waals surface area contributed by atoms with E-state index in [1.807, 2.05) is 0 Å². The number of fused-ring (bicyclic) bond motifs is 1. The van der Waals surface area contributed by atoms with Crippen LogP contribution in [0.15, 0.2) is 35.3 Å². The Morgan fingerprint density at radius 1 is 1.08 bits per heavy atom. The van der Waals surface area contributed by atoms with Gasteiger partial charge in [-0.25, -0.2) is 13.6 Å². The summed E-state index contributed by atoms with van der Waals surface area (Å²) in [6, 6.07) is 4.10. The molecule has 5 nitrogen and oxygen atoms in total. The first-order valence-corrected chi connectivity index (χ1v) is 7.49. The minimum Gasteiger partial charge on any atom is -0.477 e. The number of nitrogens with two attached hydrogens (primary N) is 1. The standard InChI is InChI=1S/C16H8Cl2F2N2O3/c17-8-3-13-6(1-10(8)19)15(23)7(16(24)25)5-22(13)14-4-12(21)11(20)2-9(14)18/h1-5H,21H2,(H,24,25). The first-order valence-electron chi connectivity index (χ1n) is 6.73. The van der Waals surface area contributed by atoms with Gasteiger partial charge in [0.2, 0.25) is 5.43 Å². The van der Waals surface area contributed by atoms with E-state index in [1.54, 1.807) is 0 Å². The predicted molar refractivity (Wildman–Crippen MR) is 90.9 cm³/mol. The molecule has 0 bridgehead atoms. The van der Waals surface area contributed by atoms with Crippen LogP contribution in [0.2, 0.25) is 10.0 Å². The lowest BCUT2D eigenvalue weighted by Gasteiger charge is -2.15. The van der Waals surface area contributed by atoms with Crippen LogP contribution in [0.4, 0.5) is 14.5 Å². The zero-order valence-corrected chi connectivity index (χ0v) is 13.7. The molecular formula is C16H8Cl2F2N2O3. The molecule has 2 aromatic carbocycles. The number of pyridine rings is 1. The molecule has 3 aromatic rings. The Labute approximate surface area is 148 Å². The Morgan fingerprint density at radius 2 is 1.76 bits per heavy atom. The van der Waals surface area contributed by atoms with Gasteiger partial charge >= 0.3 is 5.97 Å². The molecule has 0 amide bonds. The first kappa shape index (κ1) is 17.2. The van der Waals surface area contributed by atoms with E-state index < -0.39 is 28.6 Å². The molecule has 0 radical (unpaired) electrons. The van der Waals surface area contributed by atoms with E-state index in [-0.39, 0.29) is 32.3 Å². The fraction of sp³-hybridized carbons (Fsp3) is 0. The molecule has 25 heavy (non-hydrogen) atoms. The van der Waals surface area contributed by atoms with Crippen molar-refractivity contribution in [3.63, 3.8) is 0 Å². The monoisotopic (exact) mass is 384 g/mol. The number of hydrogen-bond acceptors (Lipinski definition) is 3. The molecule has 0 spiro atoms. The molecule has 0 unspecified atom stereocenters. The van der Waals surface area contributed by atoms with Crippen molar-refractivity contribution >= 4 is 45.8 Å². The molecule has 128 valence electrons. The van der Waals surface area contributed by atoms with Crippen molar-refractivity contribution in [2.24, 2.45) is 0 Å². The summed E-state index contributed by atoms with van der Waals surface area (Å²) in [5.74, 6) is -3.16. The molecule has 3 N–H and O–H groups in total. The lowest BCUT2D eigenvalue weighted by molar-refractivity contribution is 0.0695. The topological polar surface area (TPSA) is 85.3 Å². The Balaban J connectivity index is 2.52. The fourth-order valence-corrected chi connectivity index (χ4v) is 2.81. The third-order valence-electron chi connectivity index (χ3n) is 3.60. The zero-order valence-electron chi connectivity index (χ0n) is 12.2. The Bertz CT molecular complexity index is 1110. The van der Waals surface area contributed by atoms with Crippen LogP contribution in [0.1, 0.15) is 10.4 Å². The van der Waals surface area contributed by atoms with Gasteiger partial charge in [-0.2, -0.15) is 0 Å². The molecule has 1 aromatic heterocycles. The number of aromatic nitrogens is 1. The largest absolute Gasteiger partial charge is 0.477 e. The van der Waals surface area contributed by atoms with Gasteiger partial charge in [-0.05, 0) is 24.3 Å². The van der Waals surface area contributed by atoms with Crippen molar-refractivity contribution in [2.45, 2.75) is 0 Å². The smallest absolute Gasteiger partial charge is 0.341 e.